The van der Waals surface area contributed by atoms with E-state index in [1.54, 1.807) is 6.92 Å². The summed E-state index contributed by atoms with van der Waals surface area (Å²) in [5.74, 6) is -1.15. The first-order valence-electron chi connectivity index (χ1n) is 5.59. The Morgan fingerprint density at radius 3 is 2.88 bits per heavy atom. The van der Waals surface area contributed by atoms with Gasteiger partial charge in [0.2, 0.25) is 0 Å². The minimum absolute atomic E-state index is 0.381. The molecule has 2 rings (SSSR count). The molecular weight excluding hydrogens is 216 g/mol. The summed E-state index contributed by atoms with van der Waals surface area (Å²) in [5, 5.41) is 10.0. The minimum atomic E-state index is -0.767. The Morgan fingerprint density at radius 1 is 1.47 bits per heavy atom. The van der Waals surface area contributed by atoms with E-state index in [1.807, 2.05) is 42.4 Å². The monoisotopic (exact) mass is 232 g/mol. The maximum Gasteiger partial charge on any atom is 0.308 e. The van der Waals surface area contributed by atoms with Gasteiger partial charge < -0.3 is 15.0 Å². The highest BCUT2D eigenvalue weighted by Crippen LogP contribution is 2.25. The topological polar surface area (TPSA) is 56.3 Å². The smallest absolute Gasteiger partial charge is 0.308 e. The number of anilines is 1. The third kappa shape index (κ3) is 2.25. The largest absolute Gasteiger partial charge is 0.481 e. The van der Waals surface area contributed by atoms with E-state index in [0.717, 1.165) is 16.6 Å². The molecule has 1 unspecified atom stereocenters. The number of hydrogen-bond donors (Lipinski definition) is 2. The number of nitrogens with one attached hydrogen (secondary N) is 1. The Labute approximate surface area is 99.9 Å². The lowest BCUT2D eigenvalue weighted by Gasteiger charge is -2.20. The molecule has 0 aliphatic heterocycles. The Balaban J connectivity index is 2.25. The van der Waals surface area contributed by atoms with Gasteiger partial charge in [0.05, 0.1) is 11.6 Å². The van der Waals surface area contributed by atoms with Crippen LogP contribution in [-0.2, 0) is 4.79 Å². The second kappa shape index (κ2) is 4.49. The SMILES string of the molecule is CC(CN(C)c1c[nH]c2ccccc12)C(=O)O. The molecule has 2 N–H and O–H groups in total. The first kappa shape index (κ1) is 11.5. The molecule has 0 spiro atoms. The minimum Gasteiger partial charge on any atom is -0.481 e. The molecule has 0 saturated heterocycles. The van der Waals surface area contributed by atoms with Gasteiger partial charge in [-0.3, -0.25) is 4.79 Å². The number of aromatic amines is 1. The zero-order chi connectivity index (χ0) is 12.4. The van der Waals surface area contributed by atoms with Crippen molar-refractivity contribution in [3.05, 3.63) is 30.5 Å². The van der Waals surface area contributed by atoms with Gasteiger partial charge in [0.1, 0.15) is 0 Å². The fourth-order valence-electron chi connectivity index (χ4n) is 1.96. The number of H-pyrrole nitrogens is 1. The zero-order valence-electron chi connectivity index (χ0n) is 9.97. The molecule has 1 aromatic heterocycles. The van der Waals surface area contributed by atoms with Gasteiger partial charge in [-0.2, -0.15) is 0 Å². The summed E-state index contributed by atoms with van der Waals surface area (Å²) in [6.45, 7) is 2.21. The molecule has 1 atom stereocenters. The molecule has 0 fully saturated rings. The third-order valence-corrected chi connectivity index (χ3v) is 2.95. The standard InChI is InChI=1S/C13H16N2O2/c1-9(13(16)17)8-15(2)12-7-14-11-6-4-3-5-10(11)12/h3-7,9,14H,8H2,1-2H3,(H,16,17). The van der Waals surface area contributed by atoms with Gasteiger partial charge in [-0.1, -0.05) is 25.1 Å². The zero-order valence-corrected chi connectivity index (χ0v) is 9.97. The van der Waals surface area contributed by atoms with Gasteiger partial charge in [-0.05, 0) is 6.07 Å². The Bertz CT molecular complexity index is 533. The van der Waals surface area contributed by atoms with Gasteiger partial charge in [0.15, 0.2) is 0 Å². The van der Waals surface area contributed by atoms with Crippen LogP contribution < -0.4 is 4.90 Å². The molecule has 0 radical (unpaired) electrons. The average molecular weight is 232 g/mol. The molecule has 0 aliphatic carbocycles. The highest BCUT2D eigenvalue weighted by Gasteiger charge is 2.15. The van der Waals surface area contributed by atoms with Crippen molar-refractivity contribution < 1.29 is 9.90 Å². The van der Waals surface area contributed by atoms with Crippen molar-refractivity contribution in [2.75, 3.05) is 18.5 Å². The van der Waals surface area contributed by atoms with E-state index in [-0.39, 0.29) is 5.92 Å². The number of rotatable bonds is 4. The maximum atomic E-state index is 10.8. The van der Waals surface area contributed by atoms with Crippen LogP contribution in [0.4, 0.5) is 5.69 Å². The molecule has 0 aliphatic rings. The van der Waals surface area contributed by atoms with Crippen molar-refractivity contribution in [1.82, 2.24) is 4.98 Å². The molecule has 0 amide bonds. The van der Waals surface area contributed by atoms with Gasteiger partial charge in [0.25, 0.3) is 0 Å². The third-order valence-electron chi connectivity index (χ3n) is 2.95. The van der Waals surface area contributed by atoms with E-state index in [4.69, 9.17) is 5.11 Å². The Morgan fingerprint density at radius 2 is 2.18 bits per heavy atom. The molecule has 4 heteroatoms. The first-order valence-corrected chi connectivity index (χ1v) is 5.59. The fraction of sp³-hybridized carbons (Fsp3) is 0.308. The summed E-state index contributed by atoms with van der Waals surface area (Å²) in [6.07, 6.45) is 1.92. The quantitative estimate of drug-likeness (QED) is 0.850. The highest BCUT2D eigenvalue weighted by molar-refractivity contribution is 5.92. The van der Waals surface area contributed by atoms with Crippen LogP contribution in [0.15, 0.2) is 30.5 Å². The Hall–Kier alpha value is -1.97. The molecule has 1 heterocycles. The van der Waals surface area contributed by atoms with Crippen LogP contribution in [0.3, 0.4) is 0 Å². The summed E-state index contributed by atoms with van der Waals surface area (Å²) in [4.78, 5) is 16.0. The normalized spacial score (nSPS) is 12.6. The lowest BCUT2D eigenvalue weighted by Crippen LogP contribution is -2.28. The van der Waals surface area contributed by atoms with Crippen LogP contribution >= 0.6 is 0 Å². The number of aromatic nitrogens is 1. The van der Waals surface area contributed by atoms with Crippen molar-refractivity contribution in [2.45, 2.75) is 6.92 Å². The lowest BCUT2D eigenvalue weighted by molar-refractivity contribution is -0.140. The van der Waals surface area contributed by atoms with Crippen LogP contribution in [0.5, 0.6) is 0 Å². The molecule has 90 valence electrons. The van der Waals surface area contributed by atoms with E-state index in [2.05, 4.69) is 4.98 Å². The molecule has 4 nitrogen and oxygen atoms in total. The van der Waals surface area contributed by atoms with Gasteiger partial charge in [0, 0.05) is 30.7 Å². The second-order valence-corrected chi connectivity index (χ2v) is 4.34. The van der Waals surface area contributed by atoms with Crippen LogP contribution in [0.25, 0.3) is 10.9 Å². The molecule has 2 aromatic rings. The molecular formula is C13H16N2O2. The van der Waals surface area contributed by atoms with Crippen molar-refractivity contribution in [1.29, 1.82) is 0 Å². The summed E-state index contributed by atoms with van der Waals surface area (Å²) < 4.78 is 0. The number of carboxylic acids is 1. The van der Waals surface area contributed by atoms with E-state index < -0.39 is 5.97 Å². The number of fused-ring (bicyclic) bond motifs is 1. The number of carboxylic acid groups (broad SMARTS) is 1. The number of benzene rings is 1. The van der Waals surface area contributed by atoms with Crippen LogP contribution in [0.1, 0.15) is 6.92 Å². The maximum absolute atomic E-state index is 10.8. The van der Waals surface area contributed by atoms with Crippen molar-refractivity contribution in [3.63, 3.8) is 0 Å². The number of hydrogen-bond acceptors (Lipinski definition) is 2. The average Bonchev–Trinajstić information content (AvgIpc) is 2.72. The number of nitrogens with zero attached hydrogens (tertiary/aromatic N) is 1. The van der Waals surface area contributed by atoms with E-state index in [1.165, 1.54) is 0 Å². The van der Waals surface area contributed by atoms with Crippen molar-refractivity contribution in [3.8, 4) is 0 Å². The number of carbonyl (C=O) groups is 1. The lowest BCUT2D eigenvalue weighted by atomic mass is 10.1. The second-order valence-electron chi connectivity index (χ2n) is 4.34. The van der Waals surface area contributed by atoms with Crippen LogP contribution in [0, 0.1) is 5.92 Å². The number of para-hydroxylation sites is 1. The van der Waals surface area contributed by atoms with Crippen LogP contribution in [-0.4, -0.2) is 29.7 Å². The number of aliphatic carboxylic acids is 1. The van der Waals surface area contributed by atoms with Gasteiger partial charge >= 0.3 is 5.97 Å². The van der Waals surface area contributed by atoms with Crippen molar-refractivity contribution in [2.24, 2.45) is 5.92 Å². The van der Waals surface area contributed by atoms with Crippen molar-refractivity contribution >= 4 is 22.6 Å². The molecule has 0 saturated carbocycles. The van der Waals surface area contributed by atoms with Gasteiger partial charge in [-0.25, -0.2) is 0 Å². The predicted octanol–water partition coefficient (Wildman–Crippen LogP) is 2.32. The fourth-order valence-corrected chi connectivity index (χ4v) is 1.96. The van der Waals surface area contributed by atoms with Gasteiger partial charge in [-0.15, -0.1) is 0 Å². The van der Waals surface area contributed by atoms with E-state index in [0.29, 0.717) is 6.54 Å². The summed E-state index contributed by atoms with van der Waals surface area (Å²) >= 11 is 0. The van der Waals surface area contributed by atoms with Crippen LogP contribution in [0.2, 0.25) is 0 Å². The highest BCUT2D eigenvalue weighted by atomic mass is 16.4. The molecule has 0 bridgehead atoms. The van der Waals surface area contributed by atoms with E-state index in [9.17, 15) is 4.79 Å². The Kier molecular flexibility index (Phi) is 3.04. The summed E-state index contributed by atoms with van der Waals surface area (Å²) in [7, 11) is 1.91. The van der Waals surface area contributed by atoms with E-state index >= 15 is 0 Å². The summed E-state index contributed by atoms with van der Waals surface area (Å²) in [5.41, 5.74) is 2.10. The molecule has 17 heavy (non-hydrogen) atoms. The molecule has 1 aromatic carbocycles. The predicted molar refractivity (Wildman–Crippen MR) is 68.4 cm³/mol. The first-order chi connectivity index (χ1) is 8.09. The summed E-state index contributed by atoms with van der Waals surface area (Å²) in [6, 6.07) is 7.99.